The Hall–Kier alpha value is -2.80. The lowest BCUT2D eigenvalue weighted by Crippen LogP contribution is -2.34. The number of hydrogen-bond donors (Lipinski definition) is 3. The average molecular weight is 360 g/mol. The van der Waals surface area contributed by atoms with Crippen LogP contribution >= 0.6 is 12.2 Å². The molecule has 0 saturated carbocycles. The molecule has 0 heterocycles. The predicted molar refractivity (Wildman–Crippen MR) is 101 cm³/mol. The Bertz CT molecular complexity index is 793. The minimum atomic E-state index is -0.428. The Morgan fingerprint density at radius 3 is 2.56 bits per heavy atom. The van der Waals surface area contributed by atoms with Gasteiger partial charge in [-0.15, -0.1) is 0 Å². The Kier molecular flexibility index (Phi) is 6.19. The molecule has 1 amide bonds. The largest absolute Gasteiger partial charge is 0.506 e. The van der Waals surface area contributed by atoms with E-state index in [1.807, 2.05) is 13.0 Å². The monoisotopic (exact) mass is 360 g/mol. The molecule has 0 fully saturated rings. The number of nitrogens with one attached hydrogen (secondary N) is 2. The lowest BCUT2D eigenvalue weighted by Gasteiger charge is -2.13. The SMILES string of the molecule is CCc1ccc(O)c(NC(=S)NC(=O)c2ccc(OC)cc2OC)c1. The average Bonchev–Trinajstić information content (AvgIpc) is 2.62. The number of aromatic hydroxyl groups is 1. The summed E-state index contributed by atoms with van der Waals surface area (Å²) in [5.41, 5.74) is 1.79. The third-order valence-corrected chi connectivity index (χ3v) is 3.80. The quantitative estimate of drug-likeness (QED) is 0.562. The van der Waals surface area contributed by atoms with Crippen molar-refractivity contribution in [1.29, 1.82) is 0 Å². The summed E-state index contributed by atoms with van der Waals surface area (Å²) in [4.78, 5) is 12.4. The summed E-state index contributed by atoms with van der Waals surface area (Å²) in [5, 5.41) is 15.4. The zero-order valence-corrected chi connectivity index (χ0v) is 15.1. The van der Waals surface area contributed by atoms with Crippen molar-refractivity contribution in [3.8, 4) is 17.2 Å². The maximum atomic E-state index is 12.4. The first-order chi connectivity index (χ1) is 12.0. The normalized spacial score (nSPS) is 10.0. The second kappa shape index (κ2) is 8.34. The minimum absolute atomic E-state index is 0.0517. The fraction of sp³-hybridized carbons (Fsp3) is 0.222. The van der Waals surface area contributed by atoms with E-state index < -0.39 is 5.91 Å². The molecule has 0 aromatic heterocycles. The highest BCUT2D eigenvalue weighted by Crippen LogP contribution is 2.26. The lowest BCUT2D eigenvalue weighted by molar-refractivity contribution is 0.0974. The van der Waals surface area contributed by atoms with Crippen LogP contribution in [0.5, 0.6) is 17.2 Å². The summed E-state index contributed by atoms with van der Waals surface area (Å²) < 4.78 is 10.3. The van der Waals surface area contributed by atoms with Gasteiger partial charge in [0.2, 0.25) is 0 Å². The van der Waals surface area contributed by atoms with Crippen molar-refractivity contribution in [2.24, 2.45) is 0 Å². The van der Waals surface area contributed by atoms with E-state index in [2.05, 4.69) is 10.6 Å². The summed E-state index contributed by atoms with van der Waals surface area (Å²) in [6.45, 7) is 2.01. The summed E-state index contributed by atoms with van der Waals surface area (Å²) in [7, 11) is 3.00. The molecule has 3 N–H and O–H groups in total. The molecule has 7 heteroatoms. The standard InChI is InChI=1S/C18H20N2O4S/c1-4-11-5-8-15(21)14(9-11)19-18(25)20-17(22)13-7-6-12(23-2)10-16(13)24-3/h5-10,21H,4H2,1-3H3,(H2,19,20,22,25). The smallest absolute Gasteiger partial charge is 0.261 e. The highest BCUT2D eigenvalue weighted by atomic mass is 32.1. The highest BCUT2D eigenvalue weighted by molar-refractivity contribution is 7.80. The van der Waals surface area contributed by atoms with Crippen molar-refractivity contribution in [2.45, 2.75) is 13.3 Å². The summed E-state index contributed by atoms with van der Waals surface area (Å²) in [6, 6.07) is 10.0. The number of benzene rings is 2. The number of anilines is 1. The van der Waals surface area contributed by atoms with Crippen molar-refractivity contribution in [1.82, 2.24) is 5.32 Å². The summed E-state index contributed by atoms with van der Waals surface area (Å²) in [6.07, 6.45) is 0.817. The van der Waals surface area contributed by atoms with Gasteiger partial charge in [-0.05, 0) is 48.5 Å². The van der Waals surface area contributed by atoms with Crippen LogP contribution < -0.4 is 20.1 Å². The van der Waals surface area contributed by atoms with Gasteiger partial charge < -0.3 is 19.9 Å². The van der Waals surface area contributed by atoms with Gasteiger partial charge in [-0.2, -0.15) is 0 Å². The van der Waals surface area contributed by atoms with Crippen LogP contribution in [0.2, 0.25) is 0 Å². The first kappa shape index (κ1) is 18.5. The molecule has 0 unspecified atom stereocenters. The molecule has 6 nitrogen and oxygen atoms in total. The van der Waals surface area contributed by atoms with Crippen LogP contribution in [-0.4, -0.2) is 30.3 Å². The second-order valence-electron chi connectivity index (χ2n) is 5.18. The van der Waals surface area contributed by atoms with Crippen molar-refractivity contribution in [3.63, 3.8) is 0 Å². The van der Waals surface area contributed by atoms with Crippen molar-refractivity contribution < 1.29 is 19.4 Å². The van der Waals surface area contributed by atoms with Crippen molar-refractivity contribution >= 4 is 28.9 Å². The molecule has 0 aliphatic rings. The van der Waals surface area contributed by atoms with Gasteiger partial charge in [0.15, 0.2) is 5.11 Å². The molecule has 0 bridgehead atoms. The van der Waals surface area contributed by atoms with Gasteiger partial charge in [0.25, 0.3) is 5.91 Å². The topological polar surface area (TPSA) is 79.8 Å². The van der Waals surface area contributed by atoms with E-state index in [9.17, 15) is 9.90 Å². The van der Waals surface area contributed by atoms with Crippen LogP contribution in [0.4, 0.5) is 5.69 Å². The molecule has 132 valence electrons. The Morgan fingerprint density at radius 1 is 1.16 bits per heavy atom. The number of carbonyl (C=O) groups is 1. The number of ether oxygens (including phenoxy) is 2. The van der Waals surface area contributed by atoms with E-state index in [1.165, 1.54) is 14.2 Å². The van der Waals surface area contributed by atoms with Gasteiger partial charge in [-0.3, -0.25) is 10.1 Å². The van der Waals surface area contributed by atoms with Crippen LogP contribution in [0.1, 0.15) is 22.8 Å². The van der Waals surface area contributed by atoms with Gasteiger partial charge in [0.05, 0.1) is 25.5 Å². The molecule has 0 aliphatic carbocycles. The number of hydrogen-bond acceptors (Lipinski definition) is 5. The van der Waals surface area contributed by atoms with E-state index in [0.29, 0.717) is 22.7 Å². The van der Waals surface area contributed by atoms with E-state index >= 15 is 0 Å². The van der Waals surface area contributed by atoms with Gasteiger partial charge in [-0.25, -0.2) is 0 Å². The third kappa shape index (κ3) is 4.60. The Labute approximate surface area is 151 Å². The predicted octanol–water partition coefficient (Wildman–Crippen LogP) is 3.10. The Morgan fingerprint density at radius 2 is 1.92 bits per heavy atom. The van der Waals surface area contributed by atoms with Gasteiger partial charge in [0, 0.05) is 6.07 Å². The summed E-state index contributed by atoms with van der Waals surface area (Å²) in [5.74, 6) is 0.574. The van der Waals surface area contributed by atoms with Crippen LogP contribution in [-0.2, 0) is 6.42 Å². The highest BCUT2D eigenvalue weighted by Gasteiger charge is 2.15. The van der Waals surface area contributed by atoms with Gasteiger partial charge in [0.1, 0.15) is 17.2 Å². The zero-order chi connectivity index (χ0) is 18.4. The molecule has 0 saturated heterocycles. The molecule has 0 atom stereocenters. The number of aryl methyl sites for hydroxylation is 1. The van der Waals surface area contributed by atoms with Gasteiger partial charge in [-0.1, -0.05) is 13.0 Å². The number of phenolic OH excluding ortho intramolecular Hbond substituents is 1. The van der Waals surface area contributed by atoms with Crippen LogP contribution in [0.15, 0.2) is 36.4 Å². The third-order valence-electron chi connectivity index (χ3n) is 3.60. The zero-order valence-electron chi connectivity index (χ0n) is 14.3. The van der Waals surface area contributed by atoms with E-state index in [1.54, 1.807) is 30.3 Å². The van der Waals surface area contributed by atoms with E-state index in [4.69, 9.17) is 21.7 Å². The molecular formula is C18H20N2O4S. The van der Waals surface area contributed by atoms with Crippen LogP contribution in [0.3, 0.4) is 0 Å². The first-order valence-electron chi connectivity index (χ1n) is 7.64. The number of amides is 1. The van der Waals surface area contributed by atoms with E-state index in [-0.39, 0.29) is 10.9 Å². The molecule has 25 heavy (non-hydrogen) atoms. The number of carbonyl (C=O) groups excluding carboxylic acids is 1. The molecule has 0 radical (unpaired) electrons. The van der Waals surface area contributed by atoms with Crippen molar-refractivity contribution in [2.75, 3.05) is 19.5 Å². The number of rotatable bonds is 5. The maximum absolute atomic E-state index is 12.4. The molecule has 2 aromatic rings. The van der Waals surface area contributed by atoms with Gasteiger partial charge >= 0.3 is 0 Å². The Balaban J connectivity index is 2.12. The second-order valence-corrected chi connectivity index (χ2v) is 5.59. The first-order valence-corrected chi connectivity index (χ1v) is 8.05. The fourth-order valence-corrected chi connectivity index (χ4v) is 2.42. The van der Waals surface area contributed by atoms with Crippen LogP contribution in [0.25, 0.3) is 0 Å². The number of phenols is 1. The summed E-state index contributed by atoms with van der Waals surface area (Å²) >= 11 is 5.16. The molecule has 2 aromatic carbocycles. The minimum Gasteiger partial charge on any atom is -0.506 e. The number of thiocarbonyl (C=S) groups is 1. The molecule has 0 spiro atoms. The molecular weight excluding hydrogens is 340 g/mol. The number of methoxy groups -OCH3 is 2. The van der Waals surface area contributed by atoms with Crippen LogP contribution in [0, 0.1) is 0 Å². The fourth-order valence-electron chi connectivity index (χ4n) is 2.21. The molecule has 2 rings (SSSR count). The molecule has 0 aliphatic heterocycles. The van der Waals surface area contributed by atoms with E-state index in [0.717, 1.165) is 12.0 Å². The maximum Gasteiger partial charge on any atom is 0.261 e. The lowest BCUT2D eigenvalue weighted by atomic mass is 10.1. The van der Waals surface area contributed by atoms with Crippen molar-refractivity contribution in [3.05, 3.63) is 47.5 Å².